The Morgan fingerprint density at radius 1 is 1.16 bits per heavy atom. The van der Waals surface area contributed by atoms with Gasteiger partial charge in [0, 0.05) is 18.2 Å². The first kappa shape index (κ1) is 16.5. The second kappa shape index (κ2) is 6.27. The lowest BCUT2D eigenvalue weighted by molar-refractivity contribution is 0.0695. The second-order valence-corrected chi connectivity index (χ2v) is 5.25. The van der Waals surface area contributed by atoms with Crippen LogP contribution in [-0.2, 0) is 7.05 Å². The Labute approximate surface area is 139 Å². The molecule has 3 aromatic rings. The van der Waals surface area contributed by atoms with Crippen molar-refractivity contribution in [3.63, 3.8) is 0 Å². The van der Waals surface area contributed by atoms with Crippen LogP contribution >= 0.6 is 0 Å². The molecule has 0 aliphatic heterocycles. The number of aromatic carboxylic acids is 1. The summed E-state index contributed by atoms with van der Waals surface area (Å²) >= 11 is 0. The van der Waals surface area contributed by atoms with E-state index in [4.69, 9.17) is 0 Å². The summed E-state index contributed by atoms with van der Waals surface area (Å²) in [5.74, 6) is -1.43. The summed E-state index contributed by atoms with van der Waals surface area (Å²) in [4.78, 5) is 24.1. The molecule has 128 valence electrons. The normalized spacial score (nSPS) is 11.0. The molecule has 1 aromatic carbocycles. The number of benzene rings is 1. The molecule has 0 unspecified atom stereocenters. The van der Waals surface area contributed by atoms with Crippen LogP contribution in [0.3, 0.4) is 0 Å². The molecule has 7 nitrogen and oxygen atoms in total. The van der Waals surface area contributed by atoms with Gasteiger partial charge in [0.25, 0.3) is 12.0 Å². The zero-order valence-electron chi connectivity index (χ0n) is 12.9. The molecule has 0 atom stereocenters. The minimum Gasteiger partial charge on any atom is -0.477 e. The average Bonchev–Trinajstić information content (AvgIpc) is 3.00. The van der Waals surface area contributed by atoms with Gasteiger partial charge < -0.3 is 5.11 Å². The quantitative estimate of drug-likeness (QED) is 0.783. The molecule has 3 rings (SSSR count). The number of halogens is 2. The molecule has 0 spiro atoms. The fourth-order valence-corrected chi connectivity index (χ4v) is 2.39. The van der Waals surface area contributed by atoms with Crippen molar-refractivity contribution in [2.45, 2.75) is 6.43 Å². The zero-order chi connectivity index (χ0) is 18.1. The van der Waals surface area contributed by atoms with Gasteiger partial charge in [0.1, 0.15) is 11.3 Å². The molecule has 0 amide bonds. The molecule has 0 radical (unpaired) electrons. The Morgan fingerprint density at radius 3 is 2.36 bits per heavy atom. The van der Waals surface area contributed by atoms with Gasteiger partial charge in [0.05, 0.1) is 18.6 Å². The number of aromatic nitrogens is 4. The van der Waals surface area contributed by atoms with Gasteiger partial charge in [-0.1, -0.05) is 24.3 Å². The van der Waals surface area contributed by atoms with Gasteiger partial charge in [-0.05, 0) is 5.56 Å². The van der Waals surface area contributed by atoms with Gasteiger partial charge in [-0.3, -0.25) is 9.48 Å². The molecular formula is C16H12F2N4O3. The third-order valence-electron chi connectivity index (χ3n) is 3.60. The Morgan fingerprint density at radius 2 is 1.84 bits per heavy atom. The molecule has 0 aliphatic carbocycles. The lowest BCUT2D eigenvalue weighted by Crippen LogP contribution is -2.28. The molecule has 9 heteroatoms. The average molecular weight is 346 g/mol. The minimum absolute atomic E-state index is 0.0541. The highest BCUT2D eigenvalue weighted by molar-refractivity contribution is 5.95. The van der Waals surface area contributed by atoms with Crippen molar-refractivity contribution in [3.8, 4) is 16.8 Å². The summed E-state index contributed by atoms with van der Waals surface area (Å²) in [6.07, 6.45) is 1.47. The molecule has 0 saturated heterocycles. The SMILES string of the molecule is Cn1cc(-n2ncc(-c3ccc(C(F)F)cc3)c(C(=O)O)c2=O)cn1. The van der Waals surface area contributed by atoms with E-state index in [9.17, 15) is 23.5 Å². The van der Waals surface area contributed by atoms with Crippen molar-refractivity contribution in [2.24, 2.45) is 7.05 Å². The number of aryl methyl sites for hydroxylation is 1. The molecule has 0 fully saturated rings. The largest absolute Gasteiger partial charge is 0.477 e. The van der Waals surface area contributed by atoms with Crippen LogP contribution in [0.4, 0.5) is 8.78 Å². The summed E-state index contributed by atoms with van der Waals surface area (Å²) in [6.45, 7) is 0. The number of hydrogen-bond donors (Lipinski definition) is 1. The van der Waals surface area contributed by atoms with E-state index in [2.05, 4.69) is 10.2 Å². The number of carbonyl (C=O) groups is 1. The van der Waals surface area contributed by atoms with Crippen LogP contribution in [0.15, 0.2) is 47.7 Å². The van der Waals surface area contributed by atoms with E-state index in [1.54, 1.807) is 7.05 Å². The minimum atomic E-state index is -2.63. The van der Waals surface area contributed by atoms with Gasteiger partial charge >= 0.3 is 5.97 Å². The van der Waals surface area contributed by atoms with E-state index in [0.29, 0.717) is 11.3 Å². The highest BCUT2D eigenvalue weighted by Gasteiger charge is 2.20. The molecule has 0 bridgehead atoms. The summed E-state index contributed by atoms with van der Waals surface area (Å²) in [5.41, 5.74) is -0.852. The van der Waals surface area contributed by atoms with Crippen LogP contribution in [-0.4, -0.2) is 30.6 Å². The third-order valence-corrected chi connectivity index (χ3v) is 3.60. The lowest BCUT2D eigenvalue weighted by atomic mass is 10.0. The first-order valence-electron chi connectivity index (χ1n) is 7.11. The molecular weight excluding hydrogens is 334 g/mol. The van der Waals surface area contributed by atoms with Crippen molar-refractivity contribution in [2.75, 3.05) is 0 Å². The van der Waals surface area contributed by atoms with Crippen molar-refractivity contribution >= 4 is 5.97 Å². The molecule has 0 aliphatic rings. The topological polar surface area (TPSA) is 90.0 Å². The Bertz CT molecular complexity index is 993. The number of alkyl halides is 2. The summed E-state index contributed by atoms with van der Waals surface area (Å²) in [6, 6.07) is 5.02. The van der Waals surface area contributed by atoms with Crippen molar-refractivity contribution in [1.82, 2.24) is 19.6 Å². The summed E-state index contributed by atoms with van der Waals surface area (Å²) in [5, 5.41) is 17.3. The molecule has 25 heavy (non-hydrogen) atoms. The van der Waals surface area contributed by atoms with Gasteiger partial charge in [-0.2, -0.15) is 14.9 Å². The zero-order valence-corrected chi connectivity index (χ0v) is 12.9. The van der Waals surface area contributed by atoms with Crippen LogP contribution in [0, 0.1) is 0 Å². The van der Waals surface area contributed by atoms with Crippen LogP contribution in [0.5, 0.6) is 0 Å². The highest BCUT2D eigenvalue weighted by Crippen LogP contribution is 2.25. The molecule has 2 aromatic heterocycles. The van der Waals surface area contributed by atoms with E-state index in [-0.39, 0.29) is 11.1 Å². The number of hydrogen-bond acceptors (Lipinski definition) is 4. The molecule has 0 saturated carbocycles. The first-order chi connectivity index (χ1) is 11.9. The number of carboxylic acid groups (broad SMARTS) is 1. The Kier molecular flexibility index (Phi) is 4.14. The predicted octanol–water partition coefficient (Wildman–Crippen LogP) is 2.27. The number of carboxylic acids is 1. The van der Waals surface area contributed by atoms with Crippen LogP contribution < -0.4 is 5.56 Å². The maximum absolute atomic E-state index is 12.6. The van der Waals surface area contributed by atoms with Gasteiger partial charge in [0.15, 0.2) is 0 Å². The second-order valence-electron chi connectivity index (χ2n) is 5.25. The van der Waals surface area contributed by atoms with E-state index >= 15 is 0 Å². The van der Waals surface area contributed by atoms with Crippen molar-refractivity contribution < 1.29 is 18.7 Å². The highest BCUT2D eigenvalue weighted by atomic mass is 19.3. The molecule has 1 N–H and O–H groups in total. The summed E-state index contributed by atoms with van der Waals surface area (Å²) in [7, 11) is 1.64. The number of nitrogens with zero attached hydrogens (tertiary/aromatic N) is 4. The number of rotatable bonds is 4. The monoisotopic (exact) mass is 346 g/mol. The van der Waals surface area contributed by atoms with Gasteiger partial charge in [-0.25, -0.2) is 13.6 Å². The first-order valence-corrected chi connectivity index (χ1v) is 7.11. The van der Waals surface area contributed by atoms with Crippen molar-refractivity contribution in [3.05, 3.63) is 64.3 Å². The summed E-state index contributed by atoms with van der Waals surface area (Å²) < 4.78 is 27.7. The fourth-order valence-electron chi connectivity index (χ4n) is 2.39. The molecule has 2 heterocycles. The van der Waals surface area contributed by atoms with E-state index in [1.807, 2.05) is 0 Å². The maximum Gasteiger partial charge on any atom is 0.342 e. The Hall–Kier alpha value is -3.36. The predicted molar refractivity (Wildman–Crippen MR) is 84.0 cm³/mol. The smallest absolute Gasteiger partial charge is 0.342 e. The van der Waals surface area contributed by atoms with E-state index in [1.165, 1.54) is 47.5 Å². The maximum atomic E-state index is 12.6. The van der Waals surface area contributed by atoms with E-state index < -0.39 is 23.5 Å². The Balaban J connectivity index is 2.16. The van der Waals surface area contributed by atoms with Crippen LogP contribution in [0.1, 0.15) is 22.3 Å². The fraction of sp³-hybridized carbons (Fsp3) is 0.125. The van der Waals surface area contributed by atoms with Crippen molar-refractivity contribution in [1.29, 1.82) is 0 Å². The standard InChI is InChI=1S/C16H12F2N4O3/c1-21-8-11(6-19-21)22-15(23)13(16(24)25)12(7-20-22)9-2-4-10(5-3-9)14(17)18/h2-8,14H,1H3,(H,24,25). The lowest BCUT2D eigenvalue weighted by Gasteiger charge is -2.09. The van der Waals surface area contributed by atoms with Gasteiger partial charge in [0.2, 0.25) is 0 Å². The third kappa shape index (κ3) is 3.03. The van der Waals surface area contributed by atoms with Crippen LogP contribution in [0.2, 0.25) is 0 Å². The van der Waals surface area contributed by atoms with E-state index in [0.717, 1.165) is 4.68 Å². The van der Waals surface area contributed by atoms with Gasteiger partial charge in [-0.15, -0.1) is 0 Å². The van der Waals surface area contributed by atoms with Crippen LogP contribution in [0.25, 0.3) is 16.8 Å².